The van der Waals surface area contributed by atoms with Crippen LogP contribution < -0.4 is 10.0 Å². The number of nitrogens with one attached hydrogen (secondary N) is 2. The lowest BCUT2D eigenvalue weighted by Crippen LogP contribution is -2.41. The topological polar surface area (TPSA) is 58.2 Å². The first-order chi connectivity index (χ1) is 7.53. The van der Waals surface area contributed by atoms with Crippen LogP contribution in [-0.4, -0.2) is 44.3 Å². The van der Waals surface area contributed by atoms with Crippen LogP contribution in [0, 0.1) is 0 Å². The van der Waals surface area contributed by atoms with Crippen LogP contribution in [0.15, 0.2) is 0 Å². The zero-order valence-electron chi connectivity index (χ0n) is 10.0. The van der Waals surface area contributed by atoms with Crippen molar-refractivity contribution in [3.8, 4) is 0 Å². The fourth-order valence-corrected chi connectivity index (χ4v) is 4.23. The van der Waals surface area contributed by atoms with Crippen molar-refractivity contribution in [3.05, 3.63) is 0 Å². The summed E-state index contributed by atoms with van der Waals surface area (Å²) in [6.07, 6.45) is 2.06. The van der Waals surface area contributed by atoms with E-state index in [9.17, 15) is 8.42 Å². The van der Waals surface area contributed by atoms with E-state index in [1.165, 1.54) is 0 Å². The molecule has 0 spiro atoms. The molecule has 4 nitrogen and oxygen atoms in total. The molecule has 0 bridgehead atoms. The molecular formula is C10H22N2O2S2. The van der Waals surface area contributed by atoms with E-state index in [2.05, 4.69) is 17.0 Å². The molecule has 1 fully saturated rings. The van der Waals surface area contributed by atoms with Gasteiger partial charge in [0.25, 0.3) is 0 Å². The summed E-state index contributed by atoms with van der Waals surface area (Å²) in [5.41, 5.74) is 0. The minimum atomic E-state index is -3.12. The van der Waals surface area contributed by atoms with Gasteiger partial charge in [-0.3, -0.25) is 0 Å². The molecule has 1 heterocycles. The minimum Gasteiger partial charge on any atom is -0.313 e. The van der Waals surface area contributed by atoms with E-state index < -0.39 is 10.0 Å². The highest BCUT2D eigenvalue weighted by molar-refractivity contribution is 7.99. The van der Waals surface area contributed by atoms with E-state index in [0.717, 1.165) is 30.9 Å². The standard InChI is InChI=1S/C10H22N2O2S2/c1-3-15-7-9(2)12-16(13,14)8-10-5-4-6-11-10/h9-12H,3-8H2,1-2H3. The van der Waals surface area contributed by atoms with Gasteiger partial charge in [-0.1, -0.05) is 6.92 Å². The Bertz CT molecular complexity index is 287. The Hall–Kier alpha value is 0.220. The second-order valence-electron chi connectivity index (χ2n) is 4.25. The first-order valence-corrected chi connectivity index (χ1v) is 8.65. The highest BCUT2D eigenvalue weighted by atomic mass is 32.2. The average Bonchev–Trinajstić information content (AvgIpc) is 2.65. The summed E-state index contributed by atoms with van der Waals surface area (Å²) in [7, 11) is -3.12. The predicted octanol–water partition coefficient (Wildman–Crippen LogP) is 0.799. The van der Waals surface area contributed by atoms with Gasteiger partial charge in [0.1, 0.15) is 0 Å². The Morgan fingerprint density at radius 1 is 1.56 bits per heavy atom. The van der Waals surface area contributed by atoms with E-state index in [4.69, 9.17) is 0 Å². The molecule has 96 valence electrons. The molecule has 6 heteroatoms. The molecule has 1 saturated heterocycles. The third kappa shape index (κ3) is 5.52. The van der Waals surface area contributed by atoms with Crippen molar-refractivity contribution in [3.63, 3.8) is 0 Å². The largest absolute Gasteiger partial charge is 0.313 e. The third-order valence-corrected chi connectivity index (χ3v) is 5.28. The van der Waals surface area contributed by atoms with Crippen LogP contribution in [0.4, 0.5) is 0 Å². The number of hydrogen-bond donors (Lipinski definition) is 2. The van der Waals surface area contributed by atoms with Crippen molar-refractivity contribution in [2.45, 2.75) is 38.8 Å². The lowest BCUT2D eigenvalue weighted by Gasteiger charge is -2.16. The molecule has 0 aliphatic carbocycles. The molecule has 0 saturated carbocycles. The molecule has 1 aliphatic heterocycles. The summed E-state index contributed by atoms with van der Waals surface area (Å²) in [5, 5.41) is 3.20. The van der Waals surface area contributed by atoms with Crippen LogP contribution in [-0.2, 0) is 10.0 Å². The highest BCUT2D eigenvalue weighted by Crippen LogP contribution is 2.08. The monoisotopic (exact) mass is 266 g/mol. The second kappa shape index (κ2) is 6.83. The van der Waals surface area contributed by atoms with Crippen LogP contribution in [0.25, 0.3) is 0 Å². The molecule has 0 radical (unpaired) electrons. The first-order valence-electron chi connectivity index (χ1n) is 5.84. The zero-order valence-corrected chi connectivity index (χ0v) is 11.7. The Balaban J connectivity index is 2.32. The molecule has 16 heavy (non-hydrogen) atoms. The quantitative estimate of drug-likeness (QED) is 0.715. The van der Waals surface area contributed by atoms with Crippen molar-refractivity contribution >= 4 is 21.8 Å². The second-order valence-corrected chi connectivity index (χ2v) is 7.37. The summed E-state index contributed by atoms with van der Waals surface area (Å²) in [6.45, 7) is 4.94. The molecule has 1 rings (SSSR count). The summed E-state index contributed by atoms with van der Waals surface area (Å²) in [4.78, 5) is 0. The van der Waals surface area contributed by atoms with Crippen LogP contribution in [0.3, 0.4) is 0 Å². The maximum atomic E-state index is 11.8. The summed E-state index contributed by atoms with van der Waals surface area (Å²) in [5.74, 6) is 2.08. The van der Waals surface area contributed by atoms with Gasteiger partial charge in [0, 0.05) is 17.8 Å². The van der Waals surface area contributed by atoms with Crippen molar-refractivity contribution in [2.75, 3.05) is 23.8 Å². The normalized spacial score (nSPS) is 23.5. The van der Waals surface area contributed by atoms with Gasteiger partial charge in [-0.05, 0) is 32.1 Å². The smallest absolute Gasteiger partial charge is 0.213 e. The average molecular weight is 266 g/mol. The summed E-state index contributed by atoms with van der Waals surface area (Å²) in [6, 6.07) is 0.167. The molecule has 0 amide bonds. The third-order valence-electron chi connectivity index (χ3n) is 2.54. The van der Waals surface area contributed by atoms with Crippen LogP contribution in [0.1, 0.15) is 26.7 Å². The molecule has 0 aromatic carbocycles. The molecule has 2 atom stereocenters. The minimum absolute atomic E-state index is 0.0244. The highest BCUT2D eigenvalue weighted by Gasteiger charge is 2.23. The van der Waals surface area contributed by atoms with Gasteiger partial charge >= 0.3 is 0 Å². The fourth-order valence-electron chi connectivity index (χ4n) is 1.85. The predicted molar refractivity (Wildman–Crippen MR) is 70.4 cm³/mol. The van der Waals surface area contributed by atoms with E-state index in [-0.39, 0.29) is 17.8 Å². The molecule has 2 N–H and O–H groups in total. The Morgan fingerprint density at radius 3 is 2.88 bits per heavy atom. The summed E-state index contributed by atoms with van der Waals surface area (Å²) >= 11 is 1.76. The van der Waals surface area contributed by atoms with Crippen molar-refractivity contribution in [1.82, 2.24) is 10.0 Å². The van der Waals surface area contributed by atoms with Crippen molar-refractivity contribution in [1.29, 1.82) is 0 Å². The number of sulfonamides is 1. The Kier molecular flexibility index (Phi) is 6.10. The van der Waals surface area contributed by atoms with Gasteiger partial charge in [-0.25, -0.2) is 13.1 Å². The van der Waals surface area contributed by atoms with Gasteiger partial charge in [-0.2, -0.15) is 11.8 Å². The van der Waals surface area contributed by atoms with E-state index in [1.54, 1.807) is 11.8 Å². The molecular weight excluding hydrogens is 244 g/mol. The molecule has 0 aromatic heterocycles. The first kappa shape index (κ1) is 14.3. The van der Waals surface area contributed by atoms with Crippen molar-refractivity contribution < 1.29 is 8.42 Å². The maximum Gasteiger partial charge on any atom is 0.213 e. The van der Waals surface area contributed by atoms with Crippen LogP contribution in [0.2, 0.25) is 0 Å². The van der Waals surface area contributed by atoms with Crippen LogP contribution in [0.5, 0.6) is 0 Å². The fraction of sp³-hybridized carbons (Fsp3) is 1.00. The maximum absolute atomic E-state index is 11.8. The van der Waals surface area contributed by atoms with Gasteiger partial charge in [0.2, 0.25) is 10.0 Å². The lowest BCUT2D eigenvalue weighted by molar-refractivity contribution is 0.554. The molecule has 0 aromatic rings. The van der Waals surface area contributed by atoms with Crippen LogP contribution >= 0.6 is 11.8 Å². The molecule has 1 aliphatic rings. The SMILES string of the molecule is CCSCC(C)NS(=O)(=O)CC1CCCN1. The van der Waals surface area contributed by atoms with Crippen molar-refractivity contribution in [2.24, 2.45) is 0 Å². The van der Waals surface area contributed by atoms with Gasteiger partial charge in [-0.15, -0.1) is 0 Å². The Morgan fingerprint density at radius 2 is 2.31 bits per heavy atom. The lowest BCUT2D eigenvalue weighted by atomic mass is 10.3. The molecule has 2 unspecified atom stereocenters. The van der Waals surface area contributed by atoms with Gasteiger partial charge in [0.05, 0.1) is 5.75 Å². The van der Waals surface area contributed by atoms with E-state index in [1.807, 2.05) is 6.92 Å². The number of rotatable bonds is 7. The number of hydrogen-bond acceptors (Lipinski definition) is 4. The van der Waals surface area contributed by atoms with E-state index >= 15 is 0 Å². The Labute approximate surface area is 103 Å². The number of thioether (sulfide) groups is 1. The van der Waals surface area contributed by atoms with E-state index in [0.29, 0.717) is 0 Å². The van der Waals surface area contributed by atoms with Gasteiger partial charge < -0.3 is 5.32 Å². The summed E-state index contributed by atoms with van der Waals surface area (Å²) < 4.78 is 26.3. The zero-order chi connectivity index (χ0) is 12.0. The van der Waals surface area contributed by atoms with Gasteiger partial charge in [0.15, 0.2) is 0 Å².